The van der Waals surface area contributed by atoms with Crippen LogP contribution in [0.3, 0.4) is 0 Å². The van der Waals surface area contributed by atoms with E-state index in [-0.39, 0.29) is 70.3 Å². The number of nitrogens with zero attached hydrogens (tertiary/aromatic N) is 2. The second-order valence-corrected chi connectivity index (χ2v) is 23.5. The molecule has 7 rings (SSSR count). The first-order chi connectivity index (χ1) is 29.8. The lowest BCUT2D eigenvalue weighted by molar-refractivity contribution is -0.235. The molecule has 1 amide bonds. The van der Waals surface area contributed by atoms with Crippen LogP contribution in [-0.4, -0.2) is 68.6 Å². The quantitative estimate of drug-likeness (QED) is 0.170. The molecule has 1 aromatic rings. The number of esters is 1. The van der Waals surface area contributed by atoms with E-state index in [1.165, 1.54) is 20.8 Å². The van der Waals surface area contributed by atoms with Crippen molar-refractivity contribution in [3.63, 3.8) is 0 Å². The molecule has 0 radical (unpaired) electrons. The molecule has 2 N–H and O–H groups in total. The number of allylic oxidation sites excluding steroid dienone is 1. The van der Waals surface area contributed by atoms with E-state index < -0.39 is 75.9 Å². The molecule has 6 aliphatic carbocycles. The number of alkyl halides is 3. The average molecular weight is 914 g/mol. The fourth-order valence-corrected chi connectivity index (χ4v) is 14.9. The largest absolute Gasteiger partial charge is 0.481 e. The molecule has 15 heteroatoms. The molecule has 0 aromatic carbocycles. The van der Waals surface area contributed by atoms with Gasteiger partial charge in [-0.05, 0) is 121 Å². The van der Waals surface area contributed by atoms with Gasteiger partial charge < -0.3 is 19.9 Å². The highest BCUT2D eigenvalue weighted by atomic mass is 19.4. The molecule has 0 spiro atoms. The number of Topliss-reactive ketones (excluding diaryl/α,β-unsaturated/α-hetero) is 2. The minimum absolute atomic E-state index is 0.00668. The van der Waals surface area contributed by atoms with Gasteiger partial charge in [0.1, 0.15) is 11.8 Å². The Morgan fingerprint density at radius 3 is 2.14 bits per heavy atom. The number of carbonyl (C=O) groups excluding carboxylic acids is 5. The van der Waals surface area contributed by atoms with Crippen LogP contribution in [0.5, 0.6) is 0 Å². The molecule has 1 aromatic heterocycles. The van der Waals surface area contributed by atoms with Gasteiger partial charge in [0, 0.05) is 24.3 Å². The van der Waals surface area contributed by atoms with Gasteiger partial charge in [-0.25, -0.2) is 4.79 Å². The van der Waals surface area contributed by atoms with Crippen molar-refractivity contribution in [2.24, 2.45) is 68.0 Å². The fraction of sp³-hybridized carbons (Fsp3) is 0.780. The van der Waals surface area contributed by atoms with Gasteiger partial charge in [-0.15, -0.1) is 0 Å². The number of aromatic nitrogens is 2. The average Bonchev–Trinajstić information content (AvgIpc) is 3.76. The van der Waals surface area contributed by atoms with E-state index in [1.54, 1.807) is 0 Å². The molecule has 10 atom stereocenters. The second kappa shape index (κ2) is 15.8. The van der Waals surface area contributed by atoms with E-state index in [4.69, 9.17) is 9.47 Å². The third-order valence-electron chi connectivity index (χ3n) is 18.8. The van der Waals surface area contributed by atoms with E-state index in [9.17, 15) is 47.0 Å². The molecule has 0 aliphatic heterocycles. The maximum absolute atomic E-state index is 14.6. The topological polar surface area (TPSA) is 171 Å². The zero-order valence-electron chi connectivity index (χ0n) is 40.3. The third-order valence-corrected chi connectivity index (χ3v) is 18.8. The fourth-order valence-electron chi connectivity index (χ4n) is 14.9. The summed E-state index contributed by atoms with van der Waals surface area (Å²) in [6, 6.07) is 0.501. The van der Waals surface area contributed by atoms with Gasteiger partial charge in [0.05, 0.1) is 29.4 Å². The molecule has 5 fully saturated rings. The second-order valence-electron chi connectivity index (χ2n) is 23.5. The van der Waals surface area contributed by atoms with Crippen molar-refractivity contribution in [3.05, 3.63) is 28.6 Å². The number of hydrogen-bond donors (Lipinski definition) is 2. The van der Waals surface area contributed by atoms with Crippen molar-refractivity contribution in [1.29, 1.82) is 0 Å². The summed E-state index contributed by atoms with van der Waals surface area (Å²) in [5, 5.41) is 16.3. The van der Waals surface area contributed by atoms with Crippen molar-refractivity contribution in [2.75, 3.05) is 6.61 Å². The van der Waals surface area contributed by atoms with Gasteiger partial charge in [-0.1, -0.05) is 76.2 Å². The zero-order chi connectivity index (χ0) is 48.4. The number of halogens is 3. The lowest BCUT2D eigenvalue weighted by atomic mass is 9.33. The predicted octanol–water partition coefficient (Wildman–Crippen LogP) is 10.0. The van der Waals surface area contributed by atoms with Crippen LogP contribution >= 0.6 is 0 Å². The summed E-state index contributed by atoms with van der Waals surface area (Å²) in [5.74, 6) is -3.14. The number of amides is 1. The highest BCUT2D eigenvalue weighted by Gasteiger charge is 2.71. The Kier molecular flexibility index (Phi) is 11.9. The summed E-state index contributed by atoms with van der Waals surface area (Å²) in [5.41, 5.74) is -4.24. The van der Waals surface area contributed by atoms with E-state index >= 15 is 0 Å². The Morgan fingerprint density at radius 2 is 1.55 bits per heavy atom. The molecule has 360 valence electrons. The highest BCUT2D eigenvalue weighted by molar-refractivity contribution is 6.03. The predicted molar refractivity (Wildman–Crippen MR) is 233 cm³/mol. The van der Waals surface area contributed by atoms with E-state index in [2.05, 4.69) is 45.0 Å². The molecule has 65 heavy (non-hydrogen) atoms. The maximum atomic E-state index is 14.6. The first-order valence-electron chi connectivity index (χ1n) is 23.7. The Morgan fingerprint density at radius 1 is 0.892 bits per heavy atom. The Bertz CT molecular complexity index is 2220. The summed E-state index contributed by atoms with van der Waals surface area (Å²) in [6.07, 6.45) is -0.182. The van der Waals surface area contributed by atoms with Crippen LogP contribution in [0.4, 0.5) is 18.0 Å². The number of fused-ring (bicyclic) bond motifs is 7. The summed E-state index contributed by atoms with van der Waals surface area (Å²) >= 11 is 0. The molecular weight excluding hydrogens is 844 g/mol. The van der Waals surface area contributed by atoms with Crippen molar-refractivity contribution in [2.45, 2.75) is 172 Å². The third kappa shape index (κ3) is 7.40. The van der Waals surface area contributed by atoms with Crippen LogP contribution in [0.2, 0.25) is 0 Å². The minimum atomic E-state index is -4.94. The van der Waals surface area contributed by atoms with Gasteiger partial charge in [0.25, 0.3) is 0 Å². The standard InChI is InChI=1S/C50H70F3N3O9/c1-13-64-42(63)56-30(23-35(55-56)50(51,52)53)31(57)24-43(4,5)41(62)54-49-21-20-47(11)27(38(49)37(26(2)3)32(58)25-49)14-15-34-46(10)18-17-36(45(8,9)33(46)16-19-48(34,47)12)65-40(61)29-22-28(39(59)60)44(29,6)7/h23,26-29,33-34,36H,13-22,24-25H2,1-12H3,(H,54,62)(H,59,60)/t27-,28+,29-,33+,34-,36+,46+,47-,48-,49-/m1/s1. The summed E-state index contributed by atoms with van der Waals surface area (Å²) in [6.45, 7) is 23.8. The van der Waals surface area contributed by atoms with Crippen LogP contribution in [0.1, 0.15) is 170 Å². The highest BCUT2D eigenvalue weighted by Crippen LogP contribution is 2.76. The molecular formula is C50H70F3N3O9. The monoisotopic (exact) mass is 914 g/mol. The molecule has 0 bridgehead atoms. The van der Waals surface area contributed by atoms with Crippen LogP contribution in [-0.2, 0) is 34.8 Å². The number of ether oxygens (including phenoxy) is 2. The van der Waals surface area contributed by atoms with Gasteiger partial charge in [0.2, 0.25) is 5.91 Å². The first-order valence-corrected chi connectivity index (χ1v) is 23.7. The Hall–Kier alpha value is -4.04. The van der Waals surface area contributed by atoms with Gasteiger partial charge >= 0.3 is 24.2 Å². The maximum Gasteiger partial charge on any atom is 0.435 e. The molecule has 6 aliphatic rings. The number of carboxylic acids is 1. The van der Waals surface area contributed by atoms with Gasteiger partial charge in [-0.2, -0.15) is 23.0 Å². The number of ketones is 2. The molecule has 12 nitrogen and oxygen atoms in total. The Balaban J connectivity index is 1.13. The van der Waals surface area contributed by atoms with Crippen molar-refractivity contribution >= 4 is 35.5 Å². The van der Waals surface area contributed by atoms with Gasteiger partial charge in [0.15, 0.2) is 17.3 Å². The van der Waals surface area contributed by atoms with Crippen LogP contribution in [0, 0.1) is 68.0 Å². The first kappa shape index (κ1) is 48.9. The van der Waals surface area contributed by atoms with E-state index in [1.807, 2.05) is 27.7 Å². The number of hydrogen-bond acceptors (Lipinski definition) is 9. The zero-order valence-corrected chi connectivity index (χ0v) is 40.3. The van der Waals surface area contributed by atoms with E-state index in [0.29, 0.717) is 35.9 Å². The van der Waals surface area contributed by atoms with Crippen LogP contribution < -0.4 is 5.32 Å². The Labute approximate surface area is 381 Å². The summed E-state index contributed by atoms with van der Waals surface area (Å²) in [4.78, 5) is 80.7. The van der Waals surface area contributed by atoms with E-state index in [0.717, 1.165) is 49.7 Å². The molecule has 1 heterocycles. The SMILES string of the molecule is CCOC(=O)n1nc(C(F)(F)F)cc1C(=O)CC(C)(C)C(=O)N[C@@]12CC[C@]3(C)[C@H](CC[C@@H]4[C@@]5(C)CC[C@H](OC(=O)[C@H]6C[C@@H](C(=O)O)C6(C)C)C(C)(C)[C@@H]5CC[C@]43C)C1=C(C(C)C)C(=O)C2. The molecule has 0 unspecified atom stereocenters. The number of rotatable bonds is 10. The smallest absolute Gasteiger partial charge is 0.435 e. The minimum Gasteiger partial charge on any atom is -0.481 e. The van der Waals surface area contributed by atoms with Crippen molar-refractivity contribution < 1.29 is 56.5 Å². The summed E-state index contributed by atoms with van der Waals surface area (Å²) in [7, 11) is 0. The molecule has 0 saturated heterocycles. The summed E-state index contributed by atoms with van der Waals surface area (Å²) < 4.78 is 52.7. The molecule has 5 saturated carbocycles. The van der Waals surface area contributed by atoms with Crippen molar-refractivity contribution in [1.82, 2.24) is 15.1 Å². The lowest BCUT2D eigenvalue weighted by Gasteiger charge is -2.72. The number of carboxylic acid groups (broad SMARTS) is 1. The van der Waals surface area contributed by atoms with Gasteiger partial charge in [-0.3, -0.25) is 24.0 Å². The lowest BCUT2D eigenvalue weighted by Crippen LogP contribution is -2.67. The van der Waals surface area contributed by atoms with Crippen molar-refractivity contribution in [3.8, 4) is 0 Å². The van der Waals surface area contributed by atoms with Crippen LogP contribution in [0.15, 0.2) is 17.2 Å². The van der Waals surface area contributed by atoms with Crippen LogP contribution in [0.25, 0.3) is 0 Å². The number of carbonyl (C=O) groups is 6. The number of aliphatic carboxylic acids is 1. The normalized spacial score (nSPS) is 36.1. The number of nitrogens with one attached hydrogen (secondary N) is 1.